The molecule has 0 spiro atoms. The van der Waals surface area contributed by atoms with Crippen molar-refractivity contribution in [1.82, 2.24) is 0 Å². The summed E-state index contributed by atoms with van der Waals surface area (Å²) in [7, 11) is 1.41. The molecule has 0 saturated heterocycles. The lowest BCUT2D eigenvalue weighted by atomic mass is 10.1. The normalized spacial score (nSPS) is 12.6. The van der Waals surface area contributed by atoms with E-state index in [1.54, 1.807) is 6.07 Å². The van der Waals surface area contributed by atoms with Gasteiger partial charge in [0.25, 0.3) is 0 Å². The Morgan fingerprint density at radius 2 is 2.21 bits per heavy atom. The second-order valence-electron chi connectivity index (χ2n) is 3.20. The maximum absolute atomic E-state index is 13.0. The van der Waals surface area contributed by atoms with Gasteiger partial charge in [-0.25, -0.2) is 4.39 Å². The lowest BCUT2D eigenvalue weighted by molar-refractivity contribution is 0.166. The Morgan fingerprint density at radius 3 is 2.79 bits per heavy atom. The van der Waals surface area contributed by atoms with Crippen LogP contribution in [0.1, 0.15) is 31.4 Å². The molecular weight excluding hydrogens is 183 g/mol. The summed E-state index contributed by atoms with van der Waals surface area (Å²) in [6.45, 7) is 1.99. The standard InChI is InChI=1S/C11H15FO2/c1-3-4-10(13)8-5-6-9(12)11(7-8)14-2/h5-7,10,13H,3-4H2,1-2H3. The third kappa shape index (κ3) is 2.45. The Labute approximate surface area is 83.3 Å². The molecule has 0 heterocycles. The number of aliphatic hydroxyl groups excluding tert-OH is 1. The average molecular weight is 198 g/mol. The van der Waals surface area contributed by atoms with Crippen LogP contribution < -0.4 is 4.74 Å². The topological polar surface area (TPSA) is 29.5 Å². The molecule has 1 atom stereocenters. The van der Waals surface area contributed by atoms with Gasteiger partial charge in [0.05, 0.1) is 13.2 Å². The lowest BCUT2D eigenvalue weighted by Gasteiger charge is -2.11. The van der Waals surface area contributed by atoms with Gasteiger partial charge in [-0.05, 0) is 24.1 Å². The molecule has 2 nitrogen and oxygen atoms in total. The summed E-state index contributed by atoms with van der Waals surface area (Å²) in [4.78, 5) is 0. The van der Waals surface area contributed by atoms with Crippen molar-refractivity contribution in [2.75, 3.05) is 7.11 Å². The number of hydrogen-bond donors (Lipinski definition) is 1. The highest BCUT2D eigenvalue weighted by Crippen LogP contribution is 2.24. The van der Waals surface area contributed by atoms with Crippen LogP contribution in [0.3, 0.4) is 0 Å². The number of halogens is 1. The molecule has 0 amide bonds. The van der Waals surface area contributed by atoms with Crippen LogP contribution >= 0.6 is 0 Å². The first-order chi connectivity index (χ1) is 6.69. The van der Waals surface area contributed by atoms with E-state index in [4.69, 9.17) is 4.74 Å². The molecule has 1 aromatic carbocycles. The Morgan fingerprint density at radius 1 is 1.50 bits per heavy atom. The summed E-state index contributed by atoms with van der Waals surface area (Å²) in [6, 6.07) is 4.43. The molecule has 1 unspecified atom stereocenters. The SMILES string of the molecule is CCCC(O)c1ccc(F)c(OC)c1. The summed E-state index contributed by atoms with van der Waals surface area (Å²) >= 11 is 0. The van der Waals surface area contributed by atoms with Crippen LogP contribution in [0.15, 0.2) is 18.2 Å². The fourth-order valence-corrected chi connectivity index (χ4v) is 1.32. The predicted octanol–water partition coefficient (Wildman–Crippen LogP) is 2.67. The van der Waals surface area contributed by atoms with Gasteiger partial charge in [0.15, 0.2) is 11.6 Å². The van der Waals surface area contributed by atoms with E-state index >= 15 is 0 Å². The van der Waals surface area contributed by atoms with Crippen molar-refractivity contribution in [2.24, 2.45) is 0 Å². The highest BCUT2D eigenvalue weighted by atomic mass is 19.1. The van der Waals surface area contributed by atoms with E-state index in [9.17, 15) is 9.50 Å². The summed E-state index contributed by atoms with van der Waals surface area (Å²) < 4.78 is 17.8. The summed E-state index contributed by atoms with van der Waals surface area (Å²) in [5.41, 5.74) is 0.699. The second-order valence-corrected chi connectivity index (χ2v) is 3.20. The molecule has 14 heavy (non-hydrogen) atoms. The quantitative estimate of drug-likeness (QED) is 0.806. The van der Waals surface area contributed by atoms with Crippen LogP contribution in [0.4, 0.5) is 4.39 Å². The van der Waals surface area contributed by atoms with Gasteiger partial charge in [0.1, 0.15) is 0 Å². The second kappa shape index (κ2) is 4.96. The smallest absolute Gasteiger partial charge is 0.165 e. The van der Waals surface area contributed by atoms with Gasteiger partial charge in [0, 0.05) is 0 Å². The van der Waals surface area contributed by atoms with Crippen LogP contribution in [0.2, 0.25) is 0 Å². The molecule has 0 radical (unpaired) electrons. The predicted molar refractivity (Wildman–Crippen MR) is 52.8 cm³/mol. The third-order valence-electron chi connectivity index (χ3n) is 2.12. The van der Waals surface area contributed by atoms with Gasteiger partial charge in [-0.2, -0.15) is 0 Å². The number of ether oxygens (including phenoxy) is 1. The first-order valence-electron chi connectivity index (χ1n) is 4.70. The van der Waals surface area contributed by atoms with E-state index < -0.39 is 11.9 Å². The maximum Gasteiger partial charge on any atom is 0.165 e. The summed E-state index contributed by atoms with van der Waals surface area (Å²) in [6.07, 6.45) is 1.03. The van der Waals surface area contributed by atoms with E-state index in [0.717, 1.165) is 6.42 Å². The molecule has 0 fully saturated rings. The molecule has 0 saturated carbocycles. The van der Waals surface area contributed by atoms with E-state index in [2.05, 4.69) is 0 Å². The number of methoxy groups -OCH3 is 1. The minimum atomic E-state index is -0.533. The molecule has 0 aliphatic heterocycles. The van der Waals surface area contributed by atoms with Gasteiger partial charge in [-0.15, -0.1) is 0 Å². The van der Waals surface area contributed by atoms with Crippen LogP contribution in [0.5, 0.6) is 5.75 Å². The molecule has 0 bridgehead atoms. The first-order valence-corrected chi connectivity index (χ1v) is 4.70. The monoisotopic (exact) mass is 198 g/mol. The Kier molecular flexibility index (Phi) is 3.89. The molecular formula is C11H15FO2. The van der Waals surface area contributed by atoms with Crippen molar-refractivity contribution < 1.29 is 14.2 Å². The molecule has 0 aromatic heterocycles. The number of hydrogen-bond acceptors (Lipinski definition) is 2. The molecule has 1 rings (SSSR count). The highest BCUT2D eigenvalue weighted by Gasteiger charge is 2.09. The average Bonchev–Trinajstić information content (AvgIpc) is 2.19. The van der Waals surface area contributed by atoms with E-state index in [-0.39, 0.29) is 5.75 Å². The van der Waals surface area contributed by atoms with Crippen molar-refractivity contribution >= 4 is 0 Å². The van der Waals surface area contributed by atoms with E-state index in [0.29, 0.717) is 12.0 Å². The molecule has 78 valence electrons. The van der Waals surface area contributed by atoms with E-state index in [1.807, 2.05) is 6.92 Å². The van der Waals surface area contributed by atoms with Crippen LogP contribution in [0, 0.1) is 5.82 Å². The molecule has 1 N–H and O–H groups in total. The summed E-state index contributed by atoms with van der Waals surface area (Å²) in [5.74, 6) is -0.224. The fraction of sp³-hybridized carbons (Fsp3) is 0.455. The molecule has 3 heteroatoms. The van der Waals surface area contributed by atoms with Crippen molar-refractivity contribution in [1.29, 1.82) is 0 Å². The van der Waals surface area contributed by atoms with Crippen molar-refractivity contribution in [3.8, 4) is 5.75 Å². The maximum atomic E-state index is 13.0. The third-order valence-corrected chi connectivity index (χ3v) is 2.12. The Balaban J connectivity index is 2.88. The van der Waals surface area contributed by atoms with Crippen LogP contribution in [-0.2, 0) is 0 Å². The lowest BCUT2D eigenvalue weighted by Crippen LogP contribution is -1.98. The molecule has 1 aromatic rings. The largest absolute Gasteiger partial charge is 0.494 e. The molecule has 0 aliphatic carbocycles. The zero-order valence-corrected chi connectivity index (χ0v) is 8.46. The number of aliphatic hydroxyl groups is 1. The Bertz CT molecular complexity index is 299. The number of rotatable bonds is 4. The van der Waals surface area contributed by atoms with Crippen LogP contribution in [-0.4, -0.2) is 12.2 Å². The first kappa shape index (κ1) is 11.0. The van der Waals surface area contributed by atoms with Gasteiger partial charge in [-0.3, -0.25) is 0 Å². The zero-order chi connectivity index (χ0) is 10.6. The highest BCUT2D eigenvalue weighted by molar-refractivity contribution is 5.31. The zero-order valence-electron chi connectivity index (χ0n) is 8.46. The van der Waals surface area contributed by atoms with Crippen molar-refractivity contribution in [3.63, 3.8) is 0 Å². The minimum absolute atomic E-state index is 0.178. The van der Waals surface area contributed by atoms with Gasteiger partial charge < -0.3 is 9.84 Å². The van der Waals surface area contributed by atoms with Crippen LogP contribution in [0.25, 0.3) is 0 Å². The summed E-state index contributed by atoms with van der Waals surface area (Å²) in [5, 5.41) is 9.65. The van der Waals surface area contributed by atoms with Crippen molar-refractivity contribution in [3.05, 3.63) is 29.6 Å². The van der Waals surface area contributed by atoms with Crippen molar-refractivity contribution in [2.45, 2.75) is 25.9 Å². The Hall–Kier alpha value is -1.09. The fourth-order valence-electron chi connectivity index (χ4n) is 1.32. The van der Waals surface area contributed by atoms with E-state index in [1.165, 1.54) is 19.2 Å². The minimum Gasteiger partial charge on any atom is -0.494 e. The molecule has 0 aliphatic rings. The van der Waals surface area contributed by atoms with Gasteiger partial charge in [0.2, 0.25) is 0 Å². The number of benzene rings is 1. The van der Waals surface area contributed by atoms with Gasteiger partial charge >= 0.3 is 0 Å². The van der Waals surface area contributed by atoms with Gasteiger partial charge in [-0.1, -0.05) is 19.4 Å².